The molecule has 1 aliphatic rings. The molecule has 0 spiro atoms. The van der Waals surface area contributed by atoms with Crippen LogP contribution in [0.15, 0.2) is 24.3 Å². The Kier molecular flexibility index (Phi) is 2.89. The van der Waals surface area contributed by atoms with E-state index < -0.39 is 23.9 Å². The highest BCUT2D eigenvalue weighted by molar-refractivity contribution is 5.94. The second kappa shape index (κ2) is 4.19. The molecule has 0 aromatic heterocycles. The Labute approximate surface area is 91.9 Å². The summed E-state index contributed by atoms with van der Waals surface area (Å²) >= 11 is 0. The molecule has 1 aromatic carbocycles. The number of carbonyl (C=O) groups is 1. The number of aliphatic hydroxyl groups excluding tert-OH is 2. The molecule has 16 heavy (non-hydrogen) atoms. The first-order valence-corrected chi connectivity index (χ1v) is 4.99. The molecule has 1 aromatic rings. The van der Waals surface area contributed by atoms with Crippen molar-refractivity contribution >= 4 is 5.91 Å². The average molecular weight is 225 g/mol. The average Bonchev–Trinajstić information content (AvgIpc) is 2.59. The minimum absolute atomic E-state index is 0.0360. The van der Waals surface area contributed by atoms with E-state index in [1.54, 1.807) is 6.07 Å². The van der Waals surface area contributed by atoms with Crippen molar-refractivity contribution in [3.63, 3.8) is 0 Å². The van der Waals surface area contributed by atoms with E-state index in [1.165, 1.54) is 23.1 Å². The fraction of sp³-hybridized carbons (Fsp3) is 0.364. The van der Waals surface area contributed by atoms with Gasteiger partial charge in [0.1, 0.15) is 5.82 Å². The van der Waals surface area contributed by atoms with Gasteiger partial charge in [0.2, 0.25) is 0 Å². The minimum Gasteiger partial charge on any atom is -0.388 e. The fourth-order valence-corrected chi connectivity index (χ4v) is 1.74. The molecule has 1 heterocycles. The maximum absolute atomic E-state index is 13.3. The predicted octanol–water partition coefficient (Wildman–Crippen LogP) is 0.00330. The van der Waals surface area contributed by atoms with Crippen molar-refractivity contribution in [3.8, 4) is 0 Å². The van der Waals surface area contributed by atoms with Gasteiger partial charge in [0.15, 0.2) is 0 Å². The first kappa shape index (κ1) is 11.0. The normalized spacial score (nSPS) is 24.8. The molecule has 1 fully saturated rings. The number of halogens is 1. The van der Waals surface area contributed by atoms with E-state index in [0.717, 1.165) is 0 Å². The maximum Gasteiger partial charge on any atom is 0.257 e. The molecule has 0 aliphatic carbocycles. The van der Waals surface area contributed by atoms with Crippen molar-refractivity contribution < 1.29 is 19.4 Å². The number of β-amino-alcohol motifs (C(OH)–C–C–N with tert-alkyl or cyclic N) is 2. The number of aliphatic hydroxyl groups is 2. The molecule has 1 saturated heterocycles. The first-order valence-electron chi connectivity index (χ1n) is 4.99. The lowest BCUT2D eigenvalue weighted by atomic mass is 10.2. The van der Waals surface area contributed by atoms with Crippen LogP contribution in [0.5, 0.6) is 0 Å². The molecular formula is C11H12FNO3. The third-order valence-corrected chi connectivity index (χ3v) is 2.65. The second-order valence-corrected chi connectivity index (χ2v) is 3.82. The number of hydrogen-bond acceptors (Lipinski definition) is 3. The van der Waals surface area contributed by atoms with Gasteiger partial charge in [-0.2, -0.15) is 0 Å². The van der Waals surface area contributed by atoms with E-state index in [1.807, 2.05) is 0 Å². The van der Waals surface area contributed by atoms with Crippen LogP contribution >= 0.6 is 0 Å². The van der Waals surface area contributed by atoms with E-state index in [-0.39, 0.29) is 18.7 Å². The molecule has 0 radical (unpaired) electrons. The summed E-state index contributed by atoms with van der Waals surface area (Å²) in [7, 11) is 0. The van der Waals surface area contributed by atoms with Gasteiger partial charge in [0.25, 0.3) is 5.91 Å². The smallest absolute Gasteiger partial charge is 0.257 e. The van der Waals surface area contributed by atoms with E-state index in [9.17, 15) is 19.4 Å². The summed E-state index contributed by atoms with van der Waals surface area (Å²) in [6.07, 6.45) is -1.90. The molecule has 4 nitrogen and oxygen atoms in total. The number of carbonyl (C=O) groups excluding carboxylic acids is 1. The quantitative estimate of drug-likeness (QED) is 0.707. The lowest BCUT2D eigenvalue weighted by Crippen LogP contribution is -2.30. The third-order valence-electron chi connectivity index (χ3n) is 2.65. The summed E-state index contributed by atoms with van der Waals surface area (Å²) in [6, 6.07) is 5.66. The molecule has 2 unspecified atom stereocenters. The molecule has 2 rings (SSSR count). The monoisotopic (exact) mass is 225 g/mol. The zero-order valence-corrected chi connectivity index (χ0v) is 8.51. The van der Waals surface area contributed by atoms with Gasteiger partial charge < -0.3 is 15.1 Å². The summed E-state index contributed by atoms with van der Waals surface area (Å²) in [5.41, 5.74) is -0.0381. The van der Waals surface area contributed by atoms with Gasteiger partial charge in [0, 0.05) is 13.1 Å². The molecule has 1 aliphatic heterocycles. The lowest BCUT2D eigenvalue weighted by Gasteiger charge is -2.15. The maximum atomic E-state index is 13.3. The van der Waals surface area contributed by atoms with Crippen LogP contribution < -0.4 is 0 Å². The molecule has 2 N–H and O–H groups in total. The van der Waals surface area contributed by atoms with Gasteiger partial charge in [-0.1, -0.05) is 12.1 Å². The van der Waals surface area contributed by atoms with Gasteiger partial charge in [-0.05, 0) is 12.1 Å². The van der Waals surface area contributed by atoms with Gasteiger partial charge in [-0.15, -0.1) is 0 Å². The molecule has 86 valence electrons. The highest BCUT2D eigenvalue weighted by Gasteiger charge is 2.33. The van der Waals surface area contributed by atoms with E-state index in [0.29, 0.717) is 0 Å². The van der Waals surface area contributed by atoms with Crippen molar-refractivity contribution in [3.05, 3.63) is 35.6 Å². The van der Waals surface area contributed by atoms with Gasteiger partial charge in [-0.3, -0.25) is 4.79 Å². The summed E-state index contributed by atoms with van der Waals surface area (Å²) in [5.74, 6) is -1.10. The molecule has 0 bridgehead atoms. The second-order valence-electron chi connectivity index (χ2n) is 3.82. The molecule has 1 amide bonds. The topological polar surface area (TPSA) is 60.8 Å². The Hall–Kier alpha value is -1.46. The molecular weight excluding hydrogens is 213 g/mol. The molecule has 2 atom stereocenters. The Morgan fingerprint density at radius 2 is 1.81 bits per heavy atom. The minimum atomic E-state index is -0.948. The SMILES string of the molecule is O=C(c1ccccc1F)N1CC(O)C(O)C1. The van der Waals surface area contributed by atoms with Crippen LogP contribution in [0.1, 0.15) is 10.4 Å². The summed E-state index contributed by atoms with van der Waals surface area (Å²) in [4.78, 5) is 13.1. The van der Waals surface area contributed by atoms with Crippen molar-refractivity contribution in [1.29, 1.82) is 0 Å². The van der Waals surface area contributed by atoms with Gasteiger partial charge in [-0.25, -0.2) is 4.39 Å². The van der Waals surface area contributed by atoms with Crippen molar-refractivity contribution in [2.24, 2.45) is 0 Å². The first-order chi connectivity index (χ1) is 7.59. The van der Waals surface area contributed by atoms with Crippen molar-refractivity contribution in [1.82, 2.24) is 4.90 Å². The van der Waals surface area contributed by atoms with Crippen LogP contribution in [0.3, 0.4) is 0 Å². The lowest BCUT2D eigenvalue weighted by molar-refractivity contribution is 0.0572. The molecule has 5 heteroatoms. The van der Waals surface area contributed by atoms with Crippen molar-refractivity contribution in [2.45, 2.75) is 12.2 Å². The van der Waals surface area contributed by atoms with E-state index in [4.69, 9.17) is 0 Å². The van der Waals surface area contributed by atoms with Crippen LogP contribution in [0, 0.1) is 5.82 Å². The zero-order chi connectivity index (χ0) is 11.7. The van der Waals surface area contributed by atoms with Crippen LogP contribution in [-0.2, 0) is 0 Å². The van der Waals surface area contributed by atoms with Crippen molar-refractivity contribution in [2.75, 3.05) is 13.1 Å². The number of nitrogens with zero attached hydrogens (tertiary/aromatic N) is 1. The van der Waals surface area contributed by atoms with Crippen LogP contribution in [0.2, 0.25) is 0 Å². The Bertz CT molecular complexity index is 400. The van der Waals surface area contributed by atoms with E-state index in [2.05, 4.69) is 0 Å². The molecule has 0 saturated carbocycles. The number of likely N-dealkylation sites (tertiary alicyclic amines) is 1. The van der Waals surface area contributed by atoms with Crippen LogP contribution in [-0.4, -0.2) is 46.3 Å². The van der Waals surface area contributed by atoms with Crippen LogP contribution in [0.4, 0.5) is 4.39 Å². The zero-order valence-electron chi connectivity index (χ0n) is 8.51. The third kappa shape index (κ3) is 1.91. The van der Waals surface area contributed by atoms with Gasteiger partial charge >= 0.3 is 0 Å². The number of rotatable bonds is 1. The Morgan fingerprint density at radius 3 is 2.38 bits per heavy atom. The van der Waals surface area contributed by atoms with Crippen LogP contribution in [0.25, 0.3) is 0 Å². The van der Waals surface area contributed by atoms with E-state index >= 15 is 0 Å². The highest BCUT2D eigenvalue weighted by atomic mass is 19.1. The van der Waals surface area contributed by atoms with Gasteiger partial charge in [0.05, 0.1) is 17.8 Å². The summed E-state index contributed by atoms with van der Waals surface area (Å²) in [5, 5.41) is 18.6. The predicted molar refractivity (Wildman–Crippen MR) is 54.3 cm³/mol. The Balaban J connectivity index is 2.18. The number of benzene rings is 1. The summed E-state index contributed by atoms with van der Waals surface area (Å²) < 4.78 is 13.3. The summed E-state index contributed by atoms with van der Waals surface area (Å²) in [6.45, 7) is 0.0721. The standard InChI is InChI=1S/C11H12FNO3/c12-8-4-2-1-3-7(8)11(16)13-5-9(14)10(15)6-13/h1-4,9-10,14-15H,5-6H2. The largest absolute Gasteiger partial charge is 0.388 e. The highest BCUT2D eigenvalue weighted by Crippen LogP contribution is 2.16. The fourth-order valence-electron chi connectivity index (χ4n) is 1.74. The number of hydrogen-bond donors (Lipinski definition) is 2. The Morgan fingerprint density at radius 1 is 1.25 bits per heavy atom. The number of amides is 1.